The van der Waals surface area contributed by atoms with Crippen molar-refractivity contribution in [3.8, 4) is 0 Å². The normalized spacial score (nSPS) is 23.5. The number of allylic oxidation sites excluding steroid dienone is 3. The number of aryl methyl sites for hydroxylation is 1. The number of rotatable bonds is 7. The van der Waals surface area contributed by atoms with Crippen LogP contribution in [0.5, 0.6) is 0 Å². The molecule has 8 nitrogen and oxygen atoms in total. The number of carboxylic acid groups (broad SMARTS) is 1. The van der Waals surface area contributed by atoms with Crippen LogP contribution in [0.3, 0.4) is 0 Å². The number of dihydropyridines is 1. The summed E-state index contributed by atoms with van der Waals surface area (Å²) < 4.78 is 18.1. The maximum atomic E-state index is 13.1. The Kier molecular flexibility index (Phi) is 7.13. The number of nitrogens with one attached hydrogen (secondary N) is 1. The summed E-state index contributed by atoms with van der Waals surface area (Å²) in [5.41, 5.74) is 9.89. The number of Topliss-reactive ketones (excluding diaryl/α,β-unsaturated/α-hetero) is 1. The summed E-state index contributed by atoms with van der Waals surface area (Å²) in [6, 6.07) is 5.52. The Morgan fingerprint density at radius 1 is 1.27 bits per heavy atom. The molecule has 9 heteroatoms. The number of carbonyl (C=O) groups is 2. The zero-order valence-electron chi connectivity index (χ0n) is 20.5. The fourth-order valence-corrected chi connectivity index (χ4v) is 4.95. The fraction of sp³-hybridized carbons (Fsp3) is 0.357. The van der Waals surface area contributed by atoms with Crippen molar-refractivity contribution in [2.75, 3.05) is 13.2 Å². The predicted molar refractivity (Wildman–Crippen MR) is 138 cm³/mol. The Morgan fingerprint density at radius 2 is 2.08 bits per heavy atom. The number of hydrogen-bond donors (Lipinski definition) is 3. The number of ether oxygens (including phenoxy) is 3. The Balaban J connectivity index is 1.31. The van der Waals surface area contributed by atoms with Gasteiger partial charge in [-0.05, 0) is 55.7 Å². The number of hydrogen-bond acceptors (Lipinski definition) is 7. The van der Waals surface area contributed by atoms with Gasteiger partial charge in [0.2, 0.25) is 0 Å². The lowest BCUT2D eigenvalue weighted by molar-refractivity contribution is -0.133. The van der Waals surface area contributed by atoms with Crippen LogP contribution in [0.15, 0.2) is 70.9 Å². The summed E-state index contributed by atoms with van der Waals surface area (Å²) in [5, 5.41) is 13.2. The first kappa shape index (κ1) is 25.2. The van der Waals surface area contributed by atoms with Crippen molar-refractivity contribution in [2.24, 2.45) is 11.7 Å². The minimum Gasteiger partial charge on any atom is -0.494 e. The van der Waals surface area contributed by atoms with Crippen LogP contribution >= 0.6 is 11.6 Å². The Hall–Kier alpha value is -3.49. The van der Waals surface area contributed by atoms with Crippen molar-refractivity contribution in [1.82, 2.24) is 5.32 Å². The van der Waals surface area contributed by atoms with Crippen LogP contribution in [0, 0.1) is 12.8 Å². The topological polar surface area (TPSA) is 120 Å². The Labute approximate surface area is 220 Å². The van der Waals surface area contributed by atoms with Gasteiger partial charge in [0.05, 0.1) is 23.9 Å². The van der Waals surface area contributed by atoms with Crippen molar-refractivity contribution in [3.63, 3.8) is 0 Å². The van der Waals surface area contributed by atoms with Crippen LogP contribution in [0.2, 0.25) is 5.02 Å². The third-order valence-corrected chi connectivity index (χ3v) is 7.16. The van der Waals surface area contributed by atoms with E-state index in [0.717, 1.165) is 24.1 Å². The lowest BCUT2D eigenvalue weighted by Gasteiger charge is -2.32. The molecule has 1 aromatic rings. The maximum absolute atomic E-state index is 13.1. The molecule has 0 aromatic heterocycles. The molecular weight excluding hydrogens is 496 g/mol. The maximum Gasteiger partial charge on any atom is 0.331 e. The van der Waals surface area contributed by atoms with Gasteiger partial charge in [0, 0.05) is 41.2 Å². The summed E-state index contributed by atoms with van der Waals surface area (Å²) in [5.74, 6) is 0.224. The third-order valence-electron chi connectivity index (χ3n) is 6.84. The van der Waals surface area contributed by atoms with E-state index in [1.54, 1.807) is 24.3 Å². The summed E-state index contributed by atoms with van der Waals surface area (Å²) in [6.07, 6.45) is 8.25. The average molecular weight is 525 g/mol. The second-order valence-electron chi connectivity index (χ2n) is 9.52. The van der Waals surface area contributed by atoms with Crippen molar-refractivity contribution >= 4 is 29.1 Å². The minimum atomic E-state index is -0.975. The van der Waals surface area contributed by atoms with Gasteiger partial charge in [-0.25, -0.2) is 4.79 Å². The van der Waals surface area contributed by atoms with E-state index < -0.39 is 18.3 Å². The molecule has 0 spiro atoms. The summed E-state index contributed by atoms with van der Waals surface area (Å²) in [4.78, 5) is 24.6. The Bertz CT molecular complexity index is 1270. The molecule has 0 bridgehead atoms. The zero-order valence-corrected chi connectivity index (χ0v) is 21.2. The molecule has 2 heterocycles. The summed E-state index contributed by atoms with van der Waals surface area (Å²) >= 11 is 6.44. The number of benzene rings is 1. The monoisotopic (exact) mass is 524 g/mol. The molecule has 5 rings (SSSR count). The van der Waals surface area contributed by atoms with Gasteiger partial charge in [-0.15, -0.1) is 0 Å². The van der Waals surface area contributed by atoms with E-state index in [9.17, 15) is 14.7 Å². The molecule has 0 radical (unpaired) electrons. The molecule has 1 aromatic carbocycles. The highest BCUT2D eigenvalue weighted by atomic mass is 35.5. The SMILES string of the molecule is Cc1cccc(Cl)c1C(N)=C(COC1C=CC2=C(CCOC3=CC=C(C(=O)O)CC3O2)N1)C(=O)C1CC1. The number of halogens is 1. The lowest BCUT2D eigenvalue weighted by atomic mass is 9.98. The zero-order chi connectivity index (χ0) is 26.1. The quantitative estimate of drug-likeness (QED) is 0.456. The highest BCUT2D eigenvalue weighted by Gasteiger charge is 2.34. The number of nitrogens with two attached hydrogens (primary N) is 1. The van der Waals surface area contributed by atoms with E-state index in [0.29, 0.717) is 46.4 Å². The fourth-order valence-electron chi connectivity index (χ4n) is 4.62. The van der Waals surface area contributed by atoms with Crippen LogP contribution in [-0.2, 0) is 23.8 Å². The van der Waals surface area contributed by atoms with Gasteiger partial charge in [-0.1, -0.05) is 23.7 Å². The number of aliphatic carboxylic acids is 1. The van der Waals surface area contributed by atoms with Crippen LogP contribution < -0.4 is 11.1 Å². The van der Waals surface area contributed by atoms with E-state index in [4.69, 9.17) is 31.5 Å². The van der Waals surface area contributed by atoms with E-state index in [-0.39, 0.29) is 30.3 Å². The smallest absolute Gasteiger partial charge is 0.331 e. The first-order chi connectivity index (χ1) is 17.8. The standard InChI is InChI=1S/C28H29ClN2O6/c1-15-3-2-4-19(29)25(15)26(30)18(27(32)16-5-6-16)14-36-24-10-9-21-20(31-24)11-12-35-22-8-7-17(28(33)34)13-23(22)37-21/h2-4,7-10,16,23-24,31H,5-6,11-14,30H2,1H3,(H,33,34). The van der Waals surface area contributed by atoms with E-state index in [1.807, 2.05) is 25.1 Å². The largest absolute Gasteiger partial charge is 0.494 e. The molecule has 0 saturated heterocycles. The van der Waals surface area contributed by atoms with Gasteiger partial charge < -0.3 is 30.4 Å². The molecular formula is C28H29ClN2O6. The summed E-state index contributed by atoms with van der Waals surface area (Å²) in [6.45, 7) is 2.33. The molecule has 2 aliphatic heterocycles. The number of ketones is 1. The van der Waals surface area contributed by atoms with Gasteiger partial charge in [-0.2, -0.15) is 0 Å². The molecule has 4 aliphatic rings. The van der Waals surface area contributed by atoms with Gasteiger partial charge in [0.25, 0.3) is 0 Å². The lowest BCUT2D eigenvalue weighted by Crippen LogP contribution is -2.36. The van der Waals surface area contributed by atoms with Crippen molar-refractivity contribution in [1.29, 1.82) is 0 Å². The molecule has 1 fully saturated rings. The molecule has 4 N–H and O–H groups in total. The molecule has 1 saturated carbocycles. The first-order valence-corrected chi connectivity index (χ1v) is 12.7. The molecule has 2 aliphatic carbocycles. The number of carbonyl (C=O) groups excluding carboxylic acids is 1. The van der Waals surface area contributed by atoms with E-state index >= 15 is 0 Å². The van der Waals surface area contributed by atoms with Gasteiger partial charge >= 0.3 is 5.97 Å². The van der Waals surface area contributed by atoms with E-state index in [1.165, 1.54) is 0 Å². The third kappa shape index (κ3) is 5.45. The molecule has 194 valence electrons. The Morgan fingerprint density at radius 3 is 2.81 bits per heavy atom. The minimum absolute atomic E-state index is 0.00175. The predicted octanol–water partition coefficient (Wildman–Crippen LogP) is 4.12. The molecule has 0 amide bonds. The summed E-state index contributed by atoms with van der Waals surface area (Å²) in [7, 11) is 0. The van der Waals surface area contributed by atoms with Crippen molar-refractivity contribution < 1.29 is 28.9 Å². The number of carboxylic acids is 1. The van der Waals surface area contributed by atoms with Crippen LogP contribution in [0.4, 0.5) is 0 Å². The molecule has 2 atom stereocenters. The van der Waals surface area contributed by atoms with Gasteiger partial charge in [0.15, 0.2) is 11.9 Å². The molecule has 37 heavy (non-hydrogen) atoms. The second-order valence-corrected chi connectivity index (χ2v) is 9.92. The second kappa shape index (κ2) is 10.5. The van der Waals surface area contributed by atoms with Crippen molar-refractivity contribution in [3.05, 3.63) is 87.0 Å². The highest BCUT2D eigenvalue weighted by molar-refractivity contribution is 6.32. The average Bonchev–Trinajstić information content (AvgIpc) is 3.70. The van der Waals surface area contributed by atoms with Gasteiger partial charge in [0.1, 0.15) is 17.7 Å². The van der Waals surface area contributed by atoms with Crippen molar-refractivity contribution in [2.45, 2.75) is 44.9 Å². The van der Waals surface area contributed by atoms with Crippen LogP contribution in [0.25, 0.3) is 5.70 Å². The van der Waals surface area contributed by atoms with Gasteiger partial charge in [-0.3, -0.25) is 4.79 Å². The first-order valence-electron chi connectivity index (χ1n) is 12.3. The van der Waals surface area contributed by atoms with Crippen LogP contribution in [0.1, 0.15) is 36.8 Å². The molecule has 2 unspecified atom stereocenters. The van der Waals surface area contributed by atoms with Crippen LogP contribution in [-0.4, -0.2) is 42.4 Å². The van der Waals surface area contributed by atoms with E-state index in [2.05, 4.69) is 5.32 Å². The number of fused-ring (bicyclic) bond motifs is 1. The highest BCUT2D eigenvalue weighted by Crippen LogP contribution is 2.36.